The number of benzene rings is 2. The molecule has 1 aromatic heterocycles. The predicted molar refractivity (Wildman–Crippen MR) is 172 cm³/mol. The Morgan fingerprint density at radius 2 is 1.93 bits per heavy atom. The zero-order valence-corrected chi connectivity index (χ0v) is 26.3. The number of hydrogen-bond acceptors (Lipinski definition) is 5. The number of nitrogens with one attached hydrogen (secondary N) is 1. The molecule has 0 radical (unpaired) electrons. The first-order valence-electron chi connectivity index (χ1n) is 14.9. The number of amides is 2. The number of nitrogens with zero attached hydrogens (tertiary/aromatic N) is 2. The van der Waals surface area contributed by atoms with Gasteiger partial charge in [0.1, 0.15) is 11.5 Å². The predicted octanol–water partition coefficient (Wildman–Crippen LogP) is 8.59. The van der Waals surface area contributed by atoms with Crippen molar-refractivity contribution in [3.8, 4) is 11.3 Å². The van der Waals surface area contributed by atoms with Crippen molar-refractivity contribution in [2.24, 2.45) is 11.7 Å². The largest absolute Gasteiger partial charge is 0.373 e. The average molecular weight is 614 g/mol. The lowest BCUT2D eigenvalue weighted by Crippen LogP contribution is -2.23. The number of hydrogen-bond donors (Lipinski definition) is 2. The fourth-order valence-electron chi connectivity index (χ4n) is 5.69. The van der Waals surface area contributed by atoms with Crippen LogP contribution in [0, 0.1) is 5.92 Å². The van der Waals surface area contributed by atoms with Crippen molar-refractivity contribution in [2.45, 2.75) is 71.5 Å². The van der Waals surface area contributed by atoms with Crippen molar-refractivity contribution in [2.75, 3.05) is 25.5 Å². The summed E-state index contributed by atoms with van der Waals surface area (Å²) in [6.45, 7) is 6.90. The second-order valence-corrected chi connectivity index (χ2v) is 11.9. The Balaban J connectivity index is 0.000000208. The van der Waals surface area contributed by atoms with Crippen LogP contribution < -0.4 is 11.1 Å². The Labute approximate surface area is 259 Å². The molecule has 0 spiro atoms. The first-order chi connectivity index (χ1) is 20.3. The van der Waals surface area contributed by atoms with Crippen LogP contribution in [0.2, 0.25) is 10.0 Å². The number of aryl methyl sites for hydroxylation is 1. The van der Waals surface area contributed by atoms with Gasteiger partial charge in [-0.1, -0.05) is 79.3 Å². The van der Waals surface area contributed by atoms with Crippen LogP contribution in [0.25, 0.3) is 16.8 Å². The summed E-state index contributed by atoms with van der Waals surface area (Å²) in [5.41, 5.74) is 10.8. The molecule has 5 rings (SSSR count). The minimum atomic E-state index is -0.528. The molecule has 2 atom stereocenters. The first-order valence-corrected chi connectivity index (χ1v) is 15.6. The number of anilines is 1. The van der Waals surface area contributed by atoms with Crippen LogP contribution in [0.3, 0.4) is 0 Å². The van der Waals surface area contributed by atoms with Crippen LogP contribution in [-0.4, -0.2) is 42.3 Å². The minimum absolute atomic E-state index is 0.323. The summed E-state index contributed by atoms with van der Waals surface area (Å²) in [6, 6.07) is 12.7. The van der Waals surface area contributed by atoms with Crippen LogP contribution in [0.1, 0.15) is 69.3 Å². The summed E-state index contributed by atoms with van der Waals surface area (Å²) in [4.78, 5) is 13.1. The SMILES string of the molecule is CCCc1onc(-c2c(Cl)cccc2Cl)c1COC1CCCC1CC.CN1CC=C(c2cccc(NC(N)=O)c2)CC1. The van der Waals surface area contributed by atoms with E-state index in [1.54, 1.807) is 0 Å². The Morgan fingerprint density at radius 3 is 2.60 bits per heavy atom. The second-order valence-electron chi connectivity index (χ2n) is 11.0. The highest BCUT2D eigenvalue weighted by molar-refractivity contribution is 6.39. The molecule has 9 heteroatoms. The summed E-state index contributed by atoms with van der Waals surface area (Å²) in [5.74, 6) is 1.53. The van der Waals surface area contributed by atoms with Gasteiger partial charge in [-0.15, -0.1) is 0 Å². The molecule has 3 aromatic rings. The van der Waals surface area contributed by atoms with Crippen molar-refractivity contribution < 1.29 is 14.1 Å². The van der Waals surface area contributed by atoms with Gasteiger partial charge in [0.2, 0.25) is 0 Å². The average Bonchev–Trinajstić information content (AvgIpc) is 3.59. The molecule has 42 heavy (non-hydrogen) atoms. The third-order valence-corrected chi connectivity index (χ3v) is 8.64. The fourth-order valence-corrected chi connectivity index (χ4v) is 6.26. The van der Waals surface area contributed by atoms with Crippen LogP contribution in [0.15, 0.2) is 53.1 Å². The minimum Gasteiger partial charge on any atom is -0.373 e. The van der Waals surface area contributed by atoms with Gasteiger partial charge in [0.25, 0.3) is 0 Å². The number of aromatic nitrogens is 1. The number of rotatable bonds is 9. The summed E-state index contributed by atoms with van der Waals surface area (Å²) >= 11 is 12.8. The monoisotopic (exact) mass is 612 g/mol. The third-order valence-electron chi connectivity index (χ3n) is 8.01. The van der Waals surface area contributed by atoms with Crippen LogP contribution in [-0.2, 0) is 17.8 Å². The van der Waals surface area contributed by atoms with Crippen LogP contribution >= 0.6 is 23.2 Å². The van der Waals surface area contributed by atoms with Gasteiger partial charge in [0, 0.05) is 36.3 Å². The topological polar surface area (TPSA) is 93.6 Å². The number of carbonyl (C=O) groups excluding carboxylic acids is 1. The van der Waals surface area contributed by atoms with Crippen molar-refractivity contribution in [3.05, 3.63) is 75.5 Å². The number of halogens is 2. The second kappa shape index (κ2) is 15.6. The molecule has 1 aliphatic carbocycles. The molecule has 2 aliphatic rings. The van der Waals surface area contributed by atoms with Crippen LogP contribution in [0.4, 0.5) is 10.5 Å². The van der Waals surface area contributed by atoms with Gasteiger partial charge in [-0.05, 0) is 74.1 Å². The summed E-state index contributed by atoms with van der Waals surface area (Å²) < 4.78 is 11.9. The first kappa shape index (κ1) is 32.1. The molecule has 2 aromatic carbocycles. The maximum absolute atomic E-state index is 10.8. The number of nitrogens with two attached hydrogens (primary N) is 1. The lowest BCUT2D eigenvalue weighted by Gasteiger charge is -2.22. The van der Waals surface area contributed by atoms with Gasteiger partial charge in [-0.25, -0.2) is 4.79 Å². The number of likely N-dealkylation sites (N-methyl/N-ethyl adjacent to an activating group) is 1. The Hall–Kier alpha value is -2.84. The zero-order chi connectivity index (χ0) is 30.1. The van der Waals surface area contributed by atoms with E-state index < -0.39 is 6.03 Å². The van der Waals surface area contributed by atoms with Gasteiger partial charge in [0.05, 0.1) is 22.8 Å². The molecule has 226 valence electrons. The molecule has 2 heterocycles. The van der Waals surface area contributed by atoms with Crippen molar-refractivity contribution in [1.29, 1.82) is 0 Å². The molecular weight excluding hydrogens is 571 g/mol. The molecule has 3 N–H and O–H groups in total. The molecule has 0 bridgehead atoms. The molecule has 0 saturated heterocycles. The molecule has 1 aliphatic heterocycles. The van der Waals surface area contributed by atoms with Gasteiger partial charge in [-0.2, -0.15) is 0 Å². The Morgan fingerprint density at radius 1 is 1.17 bits per heavy atom. The van der Waals surface area contributed by atoms with E-state index in [9.17, 15) is 4.79 Å². The Bertz CT molecular complexity index is 1350. The van der Waals surface area contributed by atoms with E-state index in [1.807, 2.05) is 36.4 Å². The van der Waals surface area contributed by atoms with Gasteiger partial charge in [0.15, 0.2) is 0 Å². The van der Waals surface area contributed by atoms with E-state index in [2.05, 4.69) is 48.4 Å². The van der Waals surface area contributed by atoms with E-state index >= 15 is 0 Å². The molecular formula is C33H42Cl2N4O3. The molecule has 7 nitrogen and oxygen atoms in total. The van der Waals surface area contributed by atoms with Crippen molar-refractivity contribution in [1.82, 2.24) is 10.1 Å². The molecule has 2 amide bonds. The number of primary amides is 1. The van der Waals surface area contributed by atoms with E-state index in [0.717, 1.165) is 66.9 Å². The van der Waals surface area contributed by atoms with E-state index in [0.29, 0.717) is 34.4 Å². The van der Waals surface area contributed by atoms with E-state index in [1.165, 1.54) is 24.8 Å². The zero-order valence-electron chi connectivity index (χ0n) is 24.8. The standard InChI is InChI=1S/C20H25Cl2NO2.C13H17N3O/c1-3-7-18-14(12-24-17-11-5-8-13(17)4-2)20(23-25-18)19-15(21)9-6-10-16(19)22;1-16-7-5-10(6-8-16)11-3-2-4-12(9-11)15-13(14)17/h6,9-10,13,17H,3-5,7-8,11-12H2,1-2H3;2-5,9H,6-8H2,1H3,(H3,14,15,17). The van der Waals surface area contributed by atoms with Gasteiger partial charge >= 0.3 is 6.03 Å². The lowest BCUT2D eigenvalue weighted by molar-refractivity contribution is 0.0146. The molecule has 2 unspecified atom stereocenters. The highest BCUT2D eigenvalue weighted by atomic mass is 35.5. The van der Waals surface area contributed by atoms with E-state index in [-0.39, 0.29) is 0 Å². The number of carbonyl (C=O) groups is 1. The maximum Gasteiger partial charge on any atom is 0.316 e. The maximum atomic E-state index is 10.8. The molecule has 1 saturated carbocycles. The molecule has 1 fully saturated rings. The normalized spacial score (nSPS) is 18.7. The van der Waals surface area contributed by atoms with E-state index in [4.69, 9.17) is 38.2 Å². The number of urea groups is 1. The third kappa shape index (κ3) is 8.38. The summed E-state index contributed by atoms with van der Waals surface area (Å²) in [5, 5.41) is 8.04. The van der Waals surface area contributed by atoms with Gasteiger partial charge < -0.3 is 25.2 Å². The summed E-state index contributed by atoms with van der Waals surface area (Å²) in [6.07, 6.45) is 10.2. The lowest BCUT2D eigenvalue weighted by atomic mass is 9.99. The quantitative estimate of drug-likeness (QED) is 0.252. The smallest absolute Gasteiger partial charge is 0.316 e. The number of ether oxygens (including phenoxy) is 1. The van der Waals surface area contributed by atoms with Crippen LogP contribution in [0.5, 0.6) is 0 Å². The fraction of sp³-hybridized carbons (Fsp3) is 0.455. The van der Waals surface area contributed by atoms with Crippen molar-refractivity contribution >= 4 is 40.5 Å². The highest BCUT2D eigenvalue weighted by Gasteiger charge is 2.28. The van der Waals surface area contributed by atoms with Crippen molar-refractivity contribution in [3.63, 3.8) is 0 Å². The highest BCUT2D eigenvalue weighted by Crippen LogP contribution is 2.38. The Kier molecular flexibility index (Phi) is 11.9. The summed E-state index contributed by atoms with van der Waals surface area (Å²) in [7, 11) is 2.11. The van der Waals surface area contributed by atoms with Gasteiger partial charge in [-0.3, -0.25) is 0 Å².